The normalized spacial score (nSPS) is 14.2. The van der Waals surface area contributed by atoms with Gasteiger partial charge in [0.25, 0.3) is 0 Å². The molecule has 1 aliphatic rings. The molecular weight excluding hydrogens is 324 g/mol. The SMILES string of the molecule is Cc1ccc2nc(Cn3cc(CN4Cc5ccccc5C4)nn3)cn2c1. The zero-order valence-electron chi connectivity index (χ0n) is 14.7. The van der Waals surface area contributed by atoms with Crippen LogP contribution >= 0.6 is 0 Å². The van der Waals surface area contributed by atoms with Gasteiger partial charge in [0, 0.05) is 32.0 Å². The van der Waals surface area contributed by atoms with Crippen molar-refractivity contribution in [3.8, 4) is 0 Å². The van der Waals surface area contributed by atoms with E-state index in [1.807, 2.05) is 16.9 Å². The lowest BCUT2D eigenvalue weighted by molar-refractivity contribution is 0.272. The van der Waals surface area contributed by atoms with Crippen molar-refractivity contribution in [2.45, 2.75) is 33.1 Å². The van der Waals surface area contributed by atoms with E-state index in [1.54, 1.807) is 0 Å². The van der Waals surface area contributed by atoms with Crippen molar-refractivity contribution in [1.82, 2.24) is 29.3 Å². The van der Waals surface area contributed by atoms with Crippen LogP contribution in [0.4, 0.5) is 0 Å². The maximum Gasteiger partial charge on any atom is 0.137 e. The first-order valence-corrected chi connectivity index (χ1v) is 8.85. The van der Waals surface area contributed by atoms with Gasteiger partial charge in [-0.2, -0.15) is 0 Å². The van der Waals surface area contributed by atoms with Crippen LogP contribution in [0.3, 0.4) is 0 Å². The molecular formula is C20H20N6. The Bertz CT molecular complexity index is 1050. The van der Waals surface area contributed by atoms with Gasteiger partial charge >= 0.3 is 0 Å². The summed E-state index contributed by atoms with van der Waals surface area (Å²) < 4.78 is 3.93. The number of nitrogens with zero attached hydrogens (tertiary/aromatic N) is 6. The van der Waals surface area contributed by atoms with Gasteiger partial charge in [-0.3, -0.25) is 4.90 Å². The first-order valence-electron chi connectivity index (χ1n) is 8.85. The first-order chi connectivity index (χ1) is 12.7. The van der Waals surface area contributed by atoms with Crippen molar-refractivity contribution in [3.05, 3.63) is 83.1 Å². The van der Waals surface area contributed by atoms with Crippen LogP contribution in [0.5, 0.6) is 0 Å². The summed E-state index contributed by atoms with van der Waals surface area (Å²) in [4.78, 5) is 7.05. The third kappa shape index (κ3) is 2.88. The predicted molar refractivity (Wildman–Crippen MR) is 98.4 cm³/mol. The van der Waals surface area contributed by atoms with E-state index in [-0.39, 0.29) is 0 Å². The van der Waals surface area contributed by atoms with Crippen molar-refractivity contribution < 1.29 is 0 Å². The summed E-state index contributed by atoms with van der Waals surface area (Å²) in [5.41, 5.74) is 7.00. The van der Waals surface area contributed by atoms with E-state index in [9.17, 15) is 0 Å². The highest BCUT2D eigenvalue weighted by Gasteiger charge is 2.19. The number of fused-ring (bicyclic) bond motifs is 2. The highest BCUT2D eigenvalue weighted by molar-refractivity contribution is 5.41. The lowest BCUT2D eigenvalue weighted by Crippen LogP contribution is -2.15. The minimum atomic E-state index is 0.633. The van der Waals surface area contributed by atoms with Gasteiger partial charge in [-0.1, -0.05) is 35.5 Å². The van der Waals surface area contributed by atoms with Gasteiger partial charge < -0.3 is 4.40 Å². The Morgan fingerprint density at radius 2 is 1.69 bits per heavy atom. The fraction of sp³-hybridized carbons (Fsp3) is 0.250. The minimum absolute atomic E-state index is 0.633. The van der Waals surface area contributed by atoms with E-state index in [4.69, 9.17) is 0 Å². The number of hydrogen-bond donors (Lipinski definition) is 0. The van der Waals surface area contributed by atoms with Crippen LogP contribution in [-0.4, -0.2) is 29.3 Å². The van der Waals surface area contributed by atoms with Gasteiger partial charge in [0.2, 0.25) is 0 Å². The number of benzene rings is 1. The second kappa shape index (κ2) is 6.07. The molecule has 0 fully saturated rings. The maximum absolute atomic E-state index is 4.65. The third-order valence-electron chi connectivity index (χ3n) is 4.85. The molecule has 130 valence electrons. The van der Waals surface area contributed by atoms with Crippen LogP contribution in [0.2, 0.25) is 0 Å². The fourth-order valence-corrected chi connectivity index (χ4v) is 3.63. The highest BCUT2D eigenvalue weighted by atomic mass is 15.4. The Kier molecular flexibility index (Phi) is 3.57. The Balaban J connectivity index is 1.28. The molecule has 3 aromatic heterocycles. The largest absolute Gasteiger partial charge is 0.306 e. The Hall–Kier alpha value is -2.99. The molecule has 6 nitrogen and oxygen atoms in total. The molecule has 0 saturated carbocycles. The standard InChI is InChI=1S/C20H20N6/c1-15-6-7-20-21-18(12-25(20)8-15)13-26-14-19(22-23-26)11-24-9-16-4-2-3-5-17(16)10-24/h2-8,12,14H,9-11,13H2,1H3. The molecule has 0 radical (unpaired) electrons. The van der Waals surface area contributed by atoms with Crippen molar-refractivity contribution >= 4 is 5.65 Å². The molecule has 0 amide bonds. The number of hydrogen-bond acceptors (Lipinski definition) is 4. The monoisotopic (exact) mass is 344 g/mol. The first kappa shape index (κ1) is 15.3. The van der Waals surface area contributed by atoms with E-state index in [0.29, 0.717) is 6.54 Å². The van der Waals surface area contributed by atoms with Crippen LogP contribution in [0.25, 0.3) is 5.65 Å². The number of pyridine rings is 1. The molecule has 0 aliphatic carbocycles. The van der Waals surface area contributed by atoms with Crippen LogP contribution in [-0.2, 0) is 26.2 Å². The van der Waals surface area contributed by atoms with Crippen molar-refractivity contribution in [3.63, 3.8) is 0 Å². The van der Waals surface area contributed by atoms with E-state index < -0.39 is 0 Å². The quantitative estimate of drug-likeness (QED) is 0.571. The Morgan fingerprint density at radius 3 is 2.50 bits per heavy atom. The summed E-state index contributed by atoms with van der Waals surface area (Å²) in [5, 5.41) is 8.62. The zero-order valence-corrected chi connectivity index (χ0v) is 14.7. The smallest absolute Gasteiger partial charge is 0.137 e. The predicted octanol–water partition coefficient (Wildman–Crippen LogP) is 2.80. The highest BCUT2D eigenvalue weighted by Crippen LogP contribution is 2.23. The molecule has 4 heterocycles. The third-order valence-corrected chi connectivity index (χ3v) is 4.85. The summed E-state index contributed by atoms with van der Waals surface area (Å²) in [6.45, 7) is 5.50. The summed E-state index contributed by atoms with van der Waals surface area (Å²) in [6.07, 6.45) is 6.17. The average Bonchev–Trinajstić information content (AvgIpc) is 3.32. The van der Waals surface area contributed by atoms with Crippen molar-refractivity contribution in [2.24, 2.45) is 0 Å². The number of rotatable bonds is 4. The van der Waals surface area contributed by atoms with Crippen molar-refractivity contribution in [1.29, 1.82) is 0 Å². The Labute approximate surface area is 151 Å². The lowest BCUT2D eigenvalue weighted by atomic mass is 10.1. The number of aromatic nitrogens is 5. The fourth-order valence-electron chi connectivity index (χ4n) is 3.63. The molecule has 1 aliphatic heterocycles. The summed E-state index contributed by atoms with van der Waals surface area (Å²) in [5.74, 6) is 0. The summed E-state index contributed by atoms with van der Waals surface area (Å²) in [7, 11) is 0. The van der Waals surface area contributed by atoms with E-state index >= 15 is 0 Å². The van der Waals surface area contributed by atoms with Gasteiger partial charge in [-0.25, -0.2) is 9.67 Å². The number of imidazole rings is 1. The topological polar surface area (TPSA) is 51.2 Å². The van der Waals surface area contributed by atoms with Gasteiger partial charge in [0.05, 0.1) is 24.1 Å². The second-order valence-electron chi connectivity index (χ2n) is 7.03. The molecule has 0 N–H and O–H groups in total. The van der Waals surface area contributed by atoms with Crippen LogP contribution in [0.1, 0.15) is 28.1 Å². The van der Waals surface area contributed by atoms with E-state index in [1.165, 1.54) is 16.7 Å². The van der Waals surface area contributed by atoms with E-state index in [0.717, 1.165) is 36.7 Å². The van der Waals surface area contributed by atoms with Crippen LogP contribution in [0, 0.1) is 6.92 Å². The summed E-state index contributed by atoms with van der Waals surface area (Å²) >= 11 is 0. The van der Waals surface area contributed by atoms with Gasteiger partial charge in [-0.15, -0.1) is 5.10 Å². The minimum Gasteiger partial charge on any atom is -0.306 e. The van der Waals surface area contributed by atoms with Crippen LogP contribution < -0.4 is 0 Å². The molecule has 4 aromatic rings. The van der Waals surface area contributed by atoms with Gasteiger partial charge in [0.15, 0.2) is 0 Å². The van der Waals surface area contributed by atoms with E-state index in [2.05, 4.69) is 74.2 Å². The molecule has 0 spiro atoms. The average molecular weight is 344 g/mol. The molecule has 0 atom stereocenters. The van der Waals surface area contributed by atoms with Gasteiger partial charge in [0.1, 0.15) is 5.65 Å². The zero-order chi connectivity index (χ0) is 17.5. The molecule has 26 heavy (non-hydrogen) atoms. The molecule has 0 bridgehead atoms. The summed E-state index contributed by atoms with van der Waals surface area (Å²) in [6, 6.07) is 12.7. The van der Waals surface area contributed by atoms with Crippen LogP contribution in [0.15, 0.2) is 55.0 Å². The second-order valence-corrected chi connectivity index (χ2v) is 7.03. The molecule has 6 heteroatoms. The Morgan fingerprint density at radius 1 is 0.885 bits per heavy atom. The van der Waals surface area contributed by atoms with Gasteiger partial charge in [-0.05, 0) is 29.7 Å². The molecule has 0 unspecified atom stereocenters. The lowest BCUT2D eigenvalue weighted by Gasteiger charge is -2.11. The number of aryl methyl sites for hydroxylation is 1. The molecule has 1 aromatic carbocycles. The molecule has 5 rings (SSSR count). The molecule has 0 saturated heterocycles. The maximum atomic E-state index is 4.65. The van der Waals surface area contributed by atoms with Crippen molar-refractivity contribution in [2.75, 3.05) is 0 Å².